The first-order valence-electron chi connectivity index (χ1n) is 4.45. The second-order valence-corrected chi connectivity index (χ2v) is 4.24. The summed E-state index contributed by atoms with van der Waals surface area (Å²) < 4.78 is 0. The molecule has 0 amide bonds. The normalized spacial score (nSPS) is 27.3. The molecule has 13 heavy (non-hydrogen) atoms. The molecule has 1 saturated heterocycles. The summed E-state index contributed by atoms with van der Waals surface area (Å²) in [6.45, 7) is 6.39. The summed E-state index contributed by atoms with van der Waals surface area (Å²) in [5.74, 6) is 0. The van der Waals surface area contributed by atoms with Crippen LogP contribution in [0.2, 0.25) is 0 Å². The minimum Gasteiger partial charge on any atom is -0.269 e. The zero-order valence-electron chi connectivity index (χ0n) is 8.19. The number of aromatic nitrogens is 1. The lowest BCUT2D eigenvalue weighted by Crippen LogP contribution is -2.25. The highest BCUT2D eigenvalue weighted by Gasteiger charge is 2.45. The molecule has 2 unspecified atom stereocenters. The van der Waals surface area contributed by atoms with Crippen molar-refractivity contribution < 1.29 is 4.84 Å². The molecular weight excluding hydrogens is 164 g/mol. The Labute approximate surface area is 78.3 Å². The smallest absolute Gasteiger partial charge is 0.182 e. The summed E-state index contributed by atoms with van der Waals surface area (Å²) in [6.07, 6.45) is 3.72. The van der Waals surface area contributed by atoms with Gasteiger partial charge in [-0.2, -0.15) is 0 Å². The molecule has 3 nitrogen and oxygen atoms in total. The zero-order chi connectivity index (χ0) is 9.47. The fourth-order valence-corrected chi connectivity index (χ4v) is 1.31. The number of hydrogen-bond donors (Lipinski definition) is 0. The van der Waals surface area contributed by atoms with Crippen LogP contribution in [-0.2, 0) is 4.84 Å². The average Bonchev–Trinajstić information content (AvgIpc) is 2.83. The van der Waals surface area contributed by atoms with Crippen molar-refractivity contribution in [3.8, 4) is 0 Å². The lowest BCUT2D eigenvalue weighted by molar-refractivity contribution is 0.101. The van der Waals surface area contributed by atoms with Crippen LogP contribution in [-0.4, -0.2) is 15.6 Å². The molecule has 1 aliphatic rings. The van der Waals surface area contributed by atoms with Gasteiger partial charge in [0.15, 0.2) is 6.23 Å². The van der Waals surface area contributed by atoms with E-state index in [1.54, 1.807) is 6.20 Å². The molecule has 0 spiro atoms. The predicted octanol–water partition coefficient (Wildman–Crippen LogP) is 2.13. The van der Waals surface area contributed by atoms with Crippen LogP contribution >= 0.6 is 0 Å². The van der Waals surface area contributed by atoms with Gasteiger partial charge in [-0.3, -0.25) is 9.82 Å². The summed E-state index contributed by atoms with van der Waals surface area (Å²) in [7, 11) is 0. The molecule has 0 aliphatic carbocycles. The first-order chi connectivity index (χ1) is 6.09. The molecular formula is C10H14N2O. The van der Waals surface area contributed by atoms with Gasteiger partial charge in [0.1, 0.15) is 0 Å². The molecule has 0 aromatic carbocycles. The van der Waals surface area contributed by atoms with Crippen LogP contribution in [0.1, 0.15) is 32.6 Å². The minimum absolute atomic E-state index is 0.0699. The first kappa shape index (κ1) is 8.66. The van der Waals surface area contributed by atoms with Gasteiger partial charge in [0.2, 0.25) is 0 Å². The van der Waals surface area contributed by atoms with Crippen molar-refractivity contribution >= 4 is 0 Å². The standard InChI is InChI=1S/C10H14N2O/c1-10(2,3)12-9(13-12)8-5-4-6-11-7-8/h4-7,9H,1-3H3. The fourth-order valence-electron chi connectivity index (χ4n) is 1.31. The number of pyridine rings is 1. The van der Waals surface area contributed by atoms with E-state index in [0.717, 1.165) is 5.56 Å². The molecule has 2 rings (SSSR count). The molecule has 1 aromatic rings. The first-order valence-corrected chi connectivity index (χ1v) is 4.45. The van der Waals surface area contributed by atoms with Crippen LogP contribution in [0.15, 0.2) is 24.5 Å². The van der Waals surface area contributed by atoms with Crippen LogP contribution in [0.5, 0.6) is 0 Å². The van der Waals surface area contributed by atoms with Gasteiger partial charge in [-0.15, -0.1) is 5.06 Å². The van der Waals surface area contributed by atoms with E-state index in [1.165, 1.54) is 0 Å². The Hall–Kier alpha value is -0.930. The van der Waals surface area contributed by atoms with Gasteiger partial charge < -0.3 is 0 Å². The quantitative estimate of drug-likeness (QED) is 0.617. The van der Waals surface area contributed by atoms with Gasteiger partial charge in [-0.25, -0.2) is 0 Å². The molecule has 0 N–H and O–H groups in total. The highest BCUT2D eigenvalue weighted by Crippen LogP contribution is 2.42. The number of hydroxylamine groups is 2. The van der Waals surface area contributed by atoms with Crippen molar-refractivity contribution in [2.45, 2.75) is 32.5 Å². The van der Waals surface area contributed by atoms with Gasteiger partial charge in [-0.1, -0.05) is 6.07 Å². The molecule has 1 aliphatic heterocycles. The molecule has 2 heterocycles. The lowest BCUT2D eigenvalue weighted by atomic mass is 10.1. The molecule has 0 bridgehead atoms. The maximum absolute atomic E-state index is 5.46. The maximum atomic E-state index is 5.46. The number of nitrogens with zero attached hydrogens (tertiary/aromatic N) is 2. The van der Waals surface area contributed by atoms with Gasteiger partial charge in [0.25, 0.3) is 0 Å². The van der Waals surface area contributed by atoms with Crippen molar-refractivity contribution in [1.29, 1.82) is 0 Å². The van der Waals surface area contributed by atoms with Crippen molar-refractivity contribution in [2.24, 2.45) is 0 Å². The second-order valence-electron chi connectivity index (χ2n) is 4.24. The third kappa shape index (κ3) is 1.71. The van der Waals surface area contributed by atoms with E-state index in [4.69, 9.17) is 4.84 Å². The molecule has 0 saturated carbocycles. The summed E-state index contributed by atoms with van der Waals surface area (Å²) in [6, 6.07) is 3.96. The summed E-state index contributed by atoms with van der Waals surface area (Å²) >= 11 is 0. The third-order valence-corrected chi connectivity index (χ3v) is 2.01. The van der Waals surface area contributed by atoms with Crippen LogP contribution in [0, 0.1) is 0 Å². The van der Waals surface area contributed by atoms with E-state index >= 15 is 0 Å². The van der Waals surface area contributed by atoms with Crippen molar-refractivity contribution in [3.63, 3.8) is 0 Å². The number of rotatable bonds is 1. The van der Waals surface area contributed by atoms with Crippen LogP contribution in [0.3, 0.4) is 0 Å². The van der Waals surface area contributed by atoms with Gasteiger partial charge in [-0.05, 0) is 26.8 Å². The molecule has 1 fully saturated rings. The summed E-state index contributed by atoms with van der Waals surface area (Å²) in [5, 5.41) is 1.98. The minimum atomic E-state index is 0.0699. The molecule has 0 radical (unpaired) electrons. The second kappa shape index (κ2) is 2.79. The number of hydrogen-bond acceptors (Lipinski definition) is 3. The highest BCUT2D eigenvalue weighted by atomic mass is 16.8. The van der Waals surface area contributed by atoms with E-state index in [0.29, 0.717) is 0 Å². The van der Waals surface area contributed by atoms with Crippen LogP contribution in [0.4, 0.5) is 0 Å². The third-order valence-electron chi connectivity index (χ3n) is 2.01. The monoisotopic (exact) mass is 178 g/mol. The van der Waals surface area contributed by atoms with E-state index in [-0.39, 0.29) is 11.8 Å². The topological polar surface area (TPSA) is 28.4 Å². The fraction of sp³-hybridized carbons (Fsp3) is 0.500. The van der Waals surface area contributed by atoms with Gasteiger partial charge >= 0.3 is 0 Å². The molecule has 1 aromatic heterocycles. The van der Waals surface area contributed by atoms with E-state index in [2.05, 4.69) is 25.8 Å². The maximum Gasteiger partial charge on any atom is 0.182 e. The van der Waals surface area contributed by atoms with E-state index in [1.807, 2.05) is 23.4 Å². The van der Waals surface area contributed by atoms with E-state index in [9.17, 15) is 0 Å². The SMILES string of the molecule is CC(C)(C)N1OC1c1cccnc1. The molecule has 2 atom stereocenters. The average molecular weight is 178 g/mol. The Morgan fingerprint density at radius 3 is 2.69 bits per heavy atom. The van der Waals surface area contributed by atoms with Crippen LogP contribution in [0.25, 0.3) is 0 Å². The van der Waals surface area contributed by atoms with Crippen molar-refractivity contribution in [3.05, 3.63) is 30.1 Å². The summed E-state index contributed by atoms with van der Waals surface area (Å²) in [5.41, 5.74) is 1.19. The van der Waals surface area contributed by atoms with Crippen LogP contribution < -0.4 is 0 Å². The highest BCUT2D eigenvalue weighted by molar-refractivity contribution is 5.14. The Morgan fingerprint density at radius 2 is 2.23 bits per heavy atom. The Kier molecular flexibility index (Phi) is 1.86. The Morgan fingerprint density at radius 1 is 1.46 bits per heavy atom. The molecule has 70 valence electrons. The predicted molar refractivity (Wildman–Crippen MR) is 49.7 cm³/mol. The summed E-state index contributed by atoms with van der Waals surface area (Å²) in [4.78, 5) is 9.52. The Bertz CT molecular complexity index is 292. The largest absolute Gasteiger partial charge is 0.269 e. The van der Waals surface area contributed by atoms with Gasteiger partial charge in [0, 0.05) is 23.5 Å². The lowest BCUT2D eigenvalue weighted by Gasteiger charge is -2.16. The van der Waals surface area contributed by atoms with Gasteiger partial charge in [0.05, 0.1) is 0 Å². The zero-order valence-corrected chi connectivity index (χ0v) is 8.19. The van der Waals surface area contributed by atoms with E-state index < -0.39 is 0 Å². The Balaban J connectivity index is 2.09. The molecule has 3 heteroatoms. The van der Waals surface area contributed by atoms with Crippen molar-refractivity contribution in [2.75, 3.05) is 0 Å². The van der Waals surface area contributed by atoms with Crippen molar-refractivity contribution in [1.82, 2.24) is 10.0 Å².